The summed E-state index contributed by atoms with van der Waals surface area (Å²) < 4.78 is 16.8. The fraction of sp³-hybridized carbons (Fsp3) is 0.368. The van der Waals surface area contributed by atoms with Gasteiger partial charge in [-0.25, -0.2) is 14.1 Å². The molecule has 1 atom stereocenters. The number of anilines is 2. The monoisotopic (exact) mass is 381 g/mol. The fourth-order valence-corrected chi connectivity index (χ4v) is 3.93. The Morgan fingerprint density at radius 3 is 2.68 bits per heavy atom. The lowest BCUT2D eigenvalue weighted by Crippen LogP contribution is -2.24. The number of carbonyl (C=O) groups excluding carboxylic acids is 1. The van der Waals surface area contributed by atoms with E-state index in [0.29, 0.717) is 31.6 Å². The minimum Gasteiger partial charge on any atom is -0.354 e. The second-order valence-electron chi connectivity index (χ2n) is 7.29. The van der Waals surface area contributed by atoms with Crippen LogP contribution in [0.5, 0.6) is 0 Å². The van der Waals surface area contributed by atoms with Crippen molar-refractivity contribution in [3.8, 4) is 5.69 Å². The van der Waals surface area contributed by atoms with Crippen LogP contribution in [0.2, 0.25) is 0 Å². The zero-order valence-electron chi connectivity index (χ0n) is 15.7. The summed E-state index contributed by atoms with van der Waals surface area (Å²) in [5.41, 5.74) is 3.71. The number of amides is 1. The predicted molar refractivity (Wildman–Crippen MR) is 102 cm³/mol. The molecule has 1 amide bonds. The van der Waals surface area contributed by atoms with E-state index in [4.69, 9.17) is 0 Å². The van der Waals surface area contributed by atoms with Gasteiger partial charge >= 0.3 is 0 Å². The van der Waals surface area contributed by atoms with Gasteiger partial charge in [-0.15, -0.1) is 0 Å². The van der Waals surface area contributed by atoms with E-state index in [1.165, 1.54) is 0 Å². The van der Waals surface area contributed by atoms with Crippen molar-refractivity contribution in [3.63, 3.8) is 0 Å². The lowest BCUT2D eigenvalue weighted by atomic mass is 10.2. The van der Waals surface area contributed by atoms with Crippen molar-refractivity contribution in [2.45, 2.75) is 26.1 Å². The highest BCUT2D eigenvalue weighted by Crippen LogP contribution is 2.31. The van der Waals surface area contributed by atoms with Crippen LogP contribution < -0.4 is 9.80 Å². The van der Waals surface area contributed by atoms with Crippen LogP contribution in [0.15, 0.2) is 30.7 Å². The van der Waals surface area contributed by atoms with Crippen molar-refractivity contribution >= 4 is 17.4 Å². The Labute approximate surface area is 161 Å². The van der Waals surface area contributed by atoms with Crippen LogP contribution in [0.3, 0.4) is 0 Å². The maximum absolute atomic E-state index is 13.4. The smallest absolute Gasteiger partial charge is 0.262 e. The minimum atomic E-state index is -0.786. The molecule has 2 aliphatic rings. The Kier molecular flexibility index (Phi) is 3.71. The maximum Gasteiger partial charge on any atom is 0.262 e. The number of alkyl halides is 1. The average molecular weight is 381 g/mol. The molecule has 3 aromatic heterocycles. The number of aromatic nitrogens is 5. The molecule has 8 nitrogen and oxygen atoms in total. The summed E-state index contributed by atoms with van der Waals surface area (Å²) in [5.74, 6) is 0.697. The third kappa shape index (κ3) is 2.57. The summed E-state index contributed by atoms with van der Waals surface area (Å²) in [5, 5.41) is 8.78. The van der Waals surface area contributed by atoms with Crippen LogP contribution in [0.1, 0.15) is 28.2 Å². The zero-order valence-corrected chi connectivity index (χ0v) is 15.7. The number of hydrogen-bond acceptors (Lipinski definition) is 5. The van der Waals surface area contributed by atoms with Crippen molar-refractivity contribution in [1.29, 1.82) is 0 Å². The van der Waals surface area contributed by atoms with E-state index in [1.807, 2.05) is 37.2 Å². The highest BCUT2D eigenvalue weighted by Gasteiger charge is 2.35. The molecule has 9 heteroatoms. The number of nitrogens with zero attached hydrogens (tertiary/aromatic N) is 7. The van der Waals surface area contributed by atoms with E-state index in [9.17, 15) is 9.18 Å². The third-order valence-electron chi connectivity index (χ3n) is 5.39. The number of pyridine rings is 1. The lowest BCUT2D eigenvalue weighted by Gasteiger charge is -2.17. The van der Waals surface area contributed by atoms with Gasteiger partial charge in [0.05, 0.1) is 53.8 Å². The molecule has 28 heavy (non-hydrogen) atoms. The molecule has 1 saturated heterocycles. The van der Waals surface area contributed by atoms with E-state index in [-0.39, 0.29) is 5.91 Å². The molecule has 2 aliphatic heterocycles. The topological polar surface area (TPSA) is 72.1 Å². The van der Waals surface area contributed by atoms with Gasteiger partial charge in [-0.1, -0.05) is 0 Å². The summed E-state index contributed by atoms with van der Waals surface area (Å²) in [4.78, 5) is 21.0. The van der Waals surface area contributed by atoms with E-state index in [0.717, 1.165) is 28.6 Å². The van der Waals surface area contributed by atoms with Crippen LogP contribution in [0.4, 0.5) is 15.9 Å². The molecule has 1 fully saturated rings. The first-order chi connectivity index (χ1) is 13.5. The van der Waals surface area contributed by atoms with Gasteiger partial charge in [-0.2, -0.15) is 10.2 Å². The number of carbonyl (C=O) groups is 1. The Hall–Kier alpha value is -3.23. The molecule has 3 aromatic rings. The molecular formula is C19H20FN7O. The molecule has 144 valence electrons. The first-order valence-electron chi connectivity index (χ1n) is 9.25. The van der Waals surface area contributed by atoms with Crippen molar-refractivity contribution < 1.29 is 9.18 Å². The first kappa shape index (κ1) is 16.9. The molecule has 0 N–H and O–H groups in total. The molecule has 0 aromatic carbocycles. The standard InChI is InChI=1S/C19H20FN7O/c1-12-18-16(11-26(19(18)28)15-8-22-24(2)10-15)23-27(12)14-3-4-17(21-7-14)25-6-5-13(20)9-25/h3-4,7-8,10,13H,5-6,9,11H2,1-2H3/t13-/m1/s1. The maximum atomic E-state index is 13.4. The quantitative estimate of drug-likeness (QED) is 0.694. The molecule has 5 rings (SSSR count). The predicted octanol–water partition coefficient (Wildman–Crippen LogP) is 2.02. The Balaban J connectivity index is 1.42. The van der Waals surface area contributed by atoms with Gasteiger partial charge < -0.3 is 4.90 Å². The number of halogens is 1. The van der Waals surface area contributed by atoms with Gasteiger partial charge in [0.2, 0.25) is 0 Å². The van der Waals surface area contributed by atoms with Crippen LogP contribution in [-0.4, -0.2) is 49.7 Å². The van der Waals surface area contributed by atoms with Crippen molar-refractivity contribution in [2.24, 2.45) is 7.05 Å². The van der Waals surface area contributed by atoms with Crippen LogP contribution in [0, 0.1) is 6.92 Å². The van der Waals surface area contributed by atoms with Gasteiger partial charge in [-0.05, 0) is 25.5 Å². The number of rotatable bonds is 3. The van der Waals surface area contributed by atoms with E-state index in [1.54, 1.807) is 26.7 Å². The van der Waals surface area contributed by atoms with Crippen LogP contribution in [-0.2, 0) is 13.6 Å². The number of hydrogen-bond donors (Lipinski definition) is 0. The van der Waals surface area contributed by atoms with Gasteiger partial charge in [0.25, 0.3) is 5.91 Å². The van der Waals surface area contributed by atoms with Crippen molar-refractivity contribution in [2.75, 3.05) is 22.9 Å². The molecule has 0 bridgehead atoms. The van der Waals surface area contributed by atoms with Gasteiger partial charge in [0, 0.05) is 19.8 Å². The molecule has 0 saturated carbocycles. The molecule has 0 unspecified atom stereocenters. The van der Waals surface area contributed by atoms with E-state index in [2.05, 4.69) is 15.2 Å². The van der Waals surface area contributed by atoms with Gasteiger partial charge in [-0.3, -0.25) is 14.4 Å². The average Bonchev–Trinajstić information content (AvgIpc) is 3.43. The van der Waals surface area contributed by atoms with Crippen molar-refractivity contribution in [1.82, 2.24) is 24.5 Å². The largest absolute Gasteiger partial charge is 0.354 e. The molecular weight excluding hydrogens is 361 g/mol. The van der Waals surface area contributed by atoms with E-state index >= 15 is 0 Å². The second kappa shape index (κ2) is 6.15. The van der Waals surface area contributed by atoms with Gasteiger partial charge in [0.15, 0.2) is 0 Å². The Morgan fingerprint density at radius 1 is 1.21 bits per heavy atom. The fourth-order valence-electron chi connectivity index (χ4n) is 3.93. The van der Waals surface area contributed by atoms with Crippen LogP contribution >= 0.6 is 0 Å². The molecule has 0 spiro atoms. The Bertz CT molecular complexity index is 1050. The summed E-state index contributed by atoms with van der Waals surface area (Å²) in [6, 6.07) is 3.79. The Morgan fingerprint density at radius 2 is 2.07 bits per heavy atom. The van der Waals surface area contributed by atoms with E-state index < -0.39 is 6.17 Å². The molecule has 5 heterocycles. The summed E-state index contributed by atoms with van der Waals surface area (Å²) in [6.07, 6.45) is 4.97. The van der Waals surface area contributed by atoms with Crippen molar-refractivity contribution in [3.05, 3.63) is 47.7 Å². The number of aryl methyl sites for hydroxylation is 1. The third-order valence-corrected chi connectivity index (χ3v) is 5.39. The molecule has 0 aliphatic carbocycles. The highest BCUT2D eigenvalue weighted by atomic mass is 19.1. The first-order valence-corrected chi connectivity index (χ1v) is 9.25. The van der Waals surface area contributed by atoms with Gasteiger partial charge in [0.1, 0.15) is 12.0 Å². The lowest BCUT2D eigenvalue weighted by molar-refractivity contribution is 0.0995. The molecule has 0 radical (unpaired) electrons. The summed E-state index contributed by atoms with van der Waals surface area (Å²) >= 11 is 0. The van der Waals surface area contributed by atoms with Crippen LogP contribution in [0.25, 0.3) is 5.69 Å². The number of fused-ring (bicyclic) bond motifs is 1. The normalized spacial score (nSPS) is 19.0. The highest BCUT2D eigenvalue weighted by molar-refractivity contribution is 6.10. The minimum absolute atomic E-state index is 0.0672. The zero-order chi connectivity index (χ0) is 19.4. The summed E-state index contributed by atoms with van der Waals surface area (Å²) in [7, 11) is 1.82. The summed E-state index contributed by atoms with van der Waals surface area (Å²) in [6.45, 7) is 3.38. The SMILES string of the molecule is Cc1c2c(nn1-c1ccc(N3CC[C@@H](F)C3)nc1)CN(c1cnn(C)c1)C2=O. The second-order valence-corrected chi connectivity index (χ2v) is 7.29.